The molecular formula is C10H14Cl3NO5. The van der Waals surface area contributed by atoms with Crippen molar-refractivity contribution in [2.45, 2.75) is 30.1 Å². The summed E-state index contributed by atoms with van der Waals surface area (Å²) in [4.78, 5) is 35.2. The molecule has 0 unspecified atom stereocenters. The topological polar surface area (TPSA) is 81.7 Å². The van der Waals surface area contributed by atoms with E-state index in [4.69, 9.17) is 44.3 Å². The fourth-order valence-electron chi connectivity index (χ4n) is 1.23. The van der Waals surface area contributed by atoms with Crippen LogP contribution in [-0.4, -0.2) is 40.4 Å². The zero-order valence-electron chi connectivity index (χ0n) is 10.6. The van der Waals surface area contributed by atoms with Gasteiger partial charge in [0.05, 0.1) is 13.2 Å². The lowest BCUT2D eigenvalue weighted by molar-refractivity contribution is -0.167. The molecule has 1 amide bonds. The molecular weight excluding hydrogens is 320 g/mol. The van der Waals surface area contributed by atoms with Crippen molar-refractivity contribution in [1.82, 2.24) is 5.32 Å². The molecule has 0 aliphatic heterocycles. The van der Waals surface area contributed by atoms with Crippen LogP contribution < -0.4 is 5.32 Å². The number of rotatable bonds is 5. The van der Waals surface area contributed by atoms with Crippen molar-refractivity contribution in [1.29, 1.82) is 0 Å². The first kappa shape index (κ1) is 18.3. The Balaban J connectivity index is 5.79. The van der Waals surface area contributed by atoms with E-state index >= 15 is 0 Å². The molecule has 19 heavy (non-hydrogen) atoms. The minimum absolute atomic E-state index is 0.0691. The van der Waals surface area contributed by atoms with Crippen molar-refractivity contribution in [2.24, 2.45) is 0 Å². The number of alkyl halides is 3. The summed E-state index contributed by atoms with van der Waals surface area (Å²) in [6, 6.07) is 0. The van der Waals surface area contributed by atoms with Crippen LogP contribution in [0.3, 0.4) is 0 Å². The van der Waals surface area contributed by atoms with Crippen LogP contribution in [0.25, 0.3) is 0 Å². The molecule has 0 aromatic heterocycles. The van der Waals surface area contributed by atoms with Gasteiger partial charge in [0.25, 0.3) is 5.54 Å². The van der Waals surface area contributed by atoms with E-state index in [-0.39, 0.29) is 13.2 Å². The van der Waals surface area contributed by atoms with Crippen molar-refractivity contribution in [3.05, 3.63) is 0 Å². The van der Waals surface area contributed by atoms with E-state index < -0.39 is 27.2 Å². The largest absolute Gasteiger partial charge is 0.464 e. The second-order valence-corrected chi connectivity index (χ2v) is 5.65. The maximum Gasteiger partial charge on any atom is 0.348 e. The molecule has 0 aliphatic carbocycles. The molecule has 0 aromatic carbocycles. The van der Waals surface area contributed by atoms with Gasteiger partial charge in [-0.1, -0.05) is 34.8 Å². The van der Waals surface area contributed by atoms with Crippen molar-refractivity contribution >= 4 is 52.6 Å². The minimum atomic E-state index is -2.55. The van der Waals surface area contributed by atoms with Crippen LogP contribution in [0.15, 0.2) is 0 Å². The molecule has 0 aromatic rings. The van der Waals surface area contributed by atoms with Gasteiger partial charge < -0.3 is 14.8 Å². The molecule has 9 heteroatoms. The Kier molecular flexibility index (Phi) is 6.89. The van der Waals surface area contributed by atoms with Crippen molar-refractivity contribution in [3.8, 4) is 0 Å². The van der Waals surface area contributed by atoms with Gasteiger partial charge in [0, 0.05) is 6.92 Å². The molecule has 0 radical (unpaired) electrons. The molecule has 0 atom stereocenters. The Morgan fingerprint density at radius 1 is 1.00 bits per heavy atom. The van der Waals surface area contributed by atoms with Crippen LogP contribution in [0, 0.1) is 0 Å². The monoisotopic (exact) mass is 333 g/mol. The third-order valence-electron chi connectivity index (χ3n) is 1.95. The number of halogens is 3. The third-order valence-corrected chi connectivity index (χ3v) is 2.80. The average Bonchev–Trinajstić information content (AvgIpc) is 2.24. The molecule has 110 valence electrons. The molecule has 0 aliphatic rings. The SMILES string of the molecule is CCOC(=O)C(NC(C)=O)(C(=O)OCC)C(Cl)(Cl)Cl. The molecule has 0 spiro atoms. The standard InChI is InChI=1S/C10H14Cl3NO5/c1-4-18-7(16)9(10(11,12)13,14-6(3)15)8(17)19-5-2/h4-5H2,1-3H3,(H,14,15). The molecule has 1 N–H and O–H groups in total. The van der Waals surface area contributed by atoms with Crippen LogP contribution in [0.4, 0.5) is 0 Å². The van der Waals surface area contributed by atoms with Crippen molar-refractivity contribution < 1.29 is 23.9 Å². The lowest BCUT2D eigenvalue weighted by Gasteiger charge is -2.34. The van der Waals surface area contributed by atoms with Crippen LogP contribution in [-0.2, 0) is 23.9 Å². The third kappa shape index (κ3) is 4.12. The van der Waals surface area contributed by atoms with Gasteiger partial charge in [-0.25, -0.2) is 9.59 Å². The lowest BCUT2D eigenvalue weighted by Crippen LogP contribution is -2.68. The first-order valence-electron chi connectivity index (χ1n) is 5.33. The second-order valence-electron chi connectivity index (χ2n) is 3.37. The van der Waals surface area contributed by atoms with Gasteiger partial charge in [0.15, 0.2) is 0 Å². The van der Waals surface area contributed by atoms with E-state index in [1.165, 1.54) is 13.8 Å². The van der Waals surface area contributed by atoms with E-state index in [1.807, 2.05) is 5.32 Å². The van der Waals surface area contributed by atoms with Gasteiger partial charge in [-0.3, -0.25) is 4.79 Å². The number of carbonyl (C=O) groups is 3. The number of amides is 1. The fraction of sp³-hybridized carbons (Fsp3) is 0.700. The highest BCUT2D eigenvalue weighted by atomic mass is 35.6. The highest BCUT2D eigenvalue weighted by Crippen LogP contribution is 2.40. The summed E-state index contributed by atoms with van der Waals surface area (Å²) in [5.74, 6) is -3.17. The van der Waals surface area contributed by atoms with E-state index in [1.54, 1.807) is 0 Å². The molecule has 0 fully saturated rings. The number of hydrogen-bond donors (Lipinski definition) is 1. The minimum Gasteiger partial charge on any atom is -0.464 e. The Labute approximate surface area is 125 Å². The Bertz CT molecular complexity index is 349. The van der Waals surface area contributed by atoms with Gasteiger partial charge >= 0.3 is 11.9 Å². The normalized spacial score (nSPS) is 11.7. The van der Waals surface area contributed by atoms with E-state index in [0.29, 0.717) is 0 Å². The molecule has 0 saturated heterocycles. The van der Waals surface area contributed by atoms with Crippen LogP contribution in [0.5, 0.6) is 0 Å². The quantitative estimate of drug-likeness (QED) is 0.466. The van der Waals surface area contributed by atoms with Gasteiger partial charge in [-0.2, -0.15) is 0 Å². The van der Waals surface area contributed by atoms with Gasteiger partial charge in [0.1, 0.15) is 0 Å². The summed E-state index contributed by atoms with van der Waals surface area (Å²) in [5.41, 5.74) is -2.55. The summed E-state index contributed by atoms with van der Waals surface area (Å²) in [5, 5.41) is 2.02. The fourth-order valence-corrected chi connectivity index (χ4v) is 1.84. The first-order valence-corrected chi connectivity index (χ1v) is 6.46. The predicted molar refractivity (Wildman–Crippen MR) is 70.1 cm³/mol. The second kappa shape index (κ2) is 7.17. The smallest absolute Gasteiger partial charge is 0.348 e. The number of nitrogens with one attached hydrogen (secondary N) is 1. The van der Waals surface area contributed by atoms with E-state index in [2.05, 4.69) is 0 Å². The number of ether oxygens (including phenoxy) is 2. The highest BCUT2D eigenvalue weighted by Gasteiger charge is 2.64. The maximum absolute atomic E-state index is 12.0. The average molecular weight is 335 g/mol. The summed E-state index contributed by atoms with van der Waals surface area (Å²) in [6.07, 6.45) is 0. The van der Waals surface area contributed by atoms with Crippen LogP contribution >= 0.6 is 34.8 Å². The van der Waals surface area contributed by atoms with Gasteiger partial charge in [0.2, 0.25) is 9.70 Å². The van der Waals surface area contributed by atoms with E-state index in [9.17, 15) is 14.4 Å². The summed E-state index contributed by atoms with van der Waals surface area (Å²) in [7, 11) is 0. The van der Waals surface area contributed by atoms with Crippen molar-refractivity contribution in [2.75, 3.05) is 13.2 Å². The number of carbonyl (C=O) groups excluding carboxylic acids is 3. The van der Waals surface area contributed by atoms with Gasteiger partial charge in [-0.15, -0.1) is 0 Å². The Morgan fingerprint density at radius 2 is 1.37 bits per heavy atom. The van der Waals surface area contributed by atoms with E-state index in [0.717, 1.165) is 6.92 Å². The maximum atomic E-state index is 12.0. The highest BCUT2D eigenvalue weighted by molar-refractivity contribution is 6.71. The predicted octanol–water partition coefficient (Wildman–Crippen LogP) is 1.36. The van der Waals surface area contributed by atoms with Crippen molar-refractivity contribution in [3.63, 3.8) is 0 Å². The summed E-state index contributed by atoms with van der Waals surface area (Å²) in [6.45, 7) is 3.92. The first-order chi connectivity index (χ1) is 8.63. The summed E-state index contributed by atoms with van der Waals surface area (Å²) >= 11 is 17.0. The number of esters is 2. The zero-order valence-corrected chi connectivity index (χ0v) is 12.9. The molecule has 0 heterocycles. The van der Waals surface area contributed by atoms with Crippen LogP contribution in [0.2, 0.25) is 0 Å². The molecule has 6 nitrogen and oxygen atoms in total. The molecule has 0 saturated carbocycles. The zero-order chi connectivity index (χ0) is 15.3. The molecule has 0 bridgehead atoms. The molecule has 0 rings (SSSR count). The van der Waals surface area contributed by atoms with Gasteiger partial charge in [-0.05, 0) is 13.8 Å². The lowest BCUT2D eigenvalue weighted by atomic mass is 10.0. The summed E-state index contributed by atoms with van der Waals surface area (Å²) < 4.78 is 6.91. The number of hydrogen-bond acceptors (Lipinski definition) is 5. The van der Waals surface area contributed by atoms with Crippen LogP contribution in [0.1, 0.15) is 20.8 Å². The Hall–Kier alpha value is -0.720. The Morgan fingerprint density at radius 3 is 1.58 bits per heavy atom.